The van der Waals surface area contributed by atoms with Crippen LogP contribution in [-0.4, -0.2) is 29.8 Å². The molecule has 3 aromatic rings. The number of nitrogens with zero attached hydrogens (tertiary/aromatic N) is 2. The summed E-state index contributed by atoms with van der Waals surface area (Å²) in [5, 5.41) is 15.1. The van der Waals surface area contributed by atoms with Crippen LogP contribution in [-0.2, 0) is 6.42 Å². The average molecular weight is 385 g/mol. The Morgan fingerprint density at radius 3 is 2.55 bits per heavy atom. The Labute approximate surface area is 170 Å². The number of hydrogen-bond acceptors (Lipinski definition) is 6. The summed E-state index contributed by atoms with van der Waals surface area (Å²) in [6.07, 6.45) is 3.28. The lowest BCUT2D eigenvalue weighted by Gasteiger charge is -2.23. The molecule has 6 heteroatoms. The lowest BCUT2D eigenvalue weighted by molar-refractivity contribution is 0.417. The number of anilines is 2. The van der Waals surface area contributed by atoms with E-state index in [-0.39, 0.29) is 0 Å². The van der Waals surface area contributed by atoms with E-state index in [0.29, 0.717) is 18.1 Å². The van der Waals surface area contributed by atoms with E-state index in [4.69, 9.17) is 15.1 Å². The number of nitrogens with one attached hydrogen (secondary N) is 3. The number of benzene rings is 2. The third-order valence-corrected chi connectivity index (χ3v) is 4.96. The van der Waals surface area contributed by atoms with Crippen LogP contribution in [0.25, 0.3) is 11.3 Å². The second-order valence-corrected chi connectivity index (χ2v) is 6.74. The molecule has 3 N–H and O–H groups in total. The summed E-state index contributed by atoms with van der Waals surface area (Å²) in [5.41, 5.74) is 5.97. The van der Waals surface area contributed by atoms with Gasteiger partial charge in [0, 0.05) is 24.5 Å². The summed E-state index contributed by atoms with van der Waals surface area (Å²) in [6.45, 7) is 0. The van der Waals surface area contributed by atoms with Gasteiger partial charge in [-0.2, -0.15) is 0 Å². The van der Waals surface area contributed by atoms with Crippen molar-refractivity contribution in [2.75, 3.05) is 19.5 Å². The maximum absolute atomic E-state index is 8.62. The van der Waals surface area contributed by atoms with Crippen LogP contribution in [0.2, 0.25) is 0 Å². The van der Waals surface area contributed by atoms with Crippen LogP contribution in [0.4, 0.5) is 11.6 Å². The summed E-state index contributed by atoms with van der Waals surface area (Å²) in [4.78, 5) is 9.28. The van der Waals surface area contributed by atoms with E-state index < -0.39 is 0 Å². The highest BCUT2D eigenvalue weighted by molar-refractivity contribution is 6.29. The number of hydrogen-bond donors (Lipinski definition) is 3. The van der Waals surface area contributed by atoms with Gasteiger partial charge in [0.25, 0.3) is 0 Å². The smallest absolute Gasteiger partial charge is 0.227 e. The molecule has 0 spiro atoms. The third-order valence-electron chi connectivity index (χ3n) is 4.96. The van der Waals surface area contributed by atoms with Crippen molar-refractivity contribution in [1.82, 2.24) is 15.3 Å². The molecule has 0 amide bonds. The molecule has 1 heterocycles. The van der Waals surface area contributed by atoms with Gasteiger partial charge in [0.1, 0.15) is 5.75 Å². The summed E-state index contributed by atoms with van der Waals surface area (Å²) in [6, 6.07) is 17.7. The van der Waals surface area contributed by atoms with Crippen molar-refractivity contribution in [1.29, 1.82) is 5.41 Å². The van der Waals surface area contributed by atoms with Crippen molar-refractivity contribution >= 4 is 28.6 Å². The molecule has 4 rings (SSSR count). The van der Waals surface area contributed by atoms with Gasteiger partial charge in [0.05, 0.1) is 24.2 Å². The molecule has 0 unspecified atom stereocenters. The number of para-hydroxylation sites is 2. The van der Waals surface area contributed by atoms with Gasteiger partial charge in [0.2, 0.25) is 5.95 Å². The maximum Gasteiger partial charge on any atom is 0.227 e. The topological polar surface area (TPSA) is 82.9 Å². The number of aromatic nitrogens is 2. The van der Waals surface area contributed by atoms with E-state index in [2.05, 4.69) is 15.6 Å². The standard InChI is InChI=1S/C23H23N5O/c1-25-21(15-8-4-3-5-9-15)20-17(24)13-12-16-14-26-23(28-22(16)20)27-18-10-6-7-11-19(18)29-2/h3-11,14,24-25H,12-13H2,1-2H3,(H,26,27,28)/b21-20+,24-17?. The Morgan fingerprint density at radius 2 is 1.79 bits per heavy atom. The van der Waals surface area contributed by atoms with Crippen LogP contribution < -0.4 is 15.4 Å². The minimum absolute atomic E-state index is 0.476. The lowest BCUT2D eigenvalue weighted by Crippen LogP contribution is -2.20. The third kappa shape index (κ3) is 3.69. The van der Waals surface area contributed by atoms with Crippen LogP contribution >= 0.6 is 0 Å². The number of rotatable bonds is 5. The van der Waals surface area contributed by atoms with Gasteiger partial charge in [-0.1, -0.05) is 42.5 Å². The van der Waals surface area contributed by atoms with Crippen molar-refractivity contribution in [3.63, 3.8) is 0 Å². The first-order valence-corrected chi connectivity index (χ1v) is 9.53. The highest BCUT2D eigenvalue weighted by atomic mass is 16.5. The van der Waals surface area contributed by atoms with E-state index in [9.17, 15) is 0 Å². The van der Waals surface area contributed by atoms with Crippen LogP contribution in [0.15, 0.2) is 60.8 Å². The molecule has 6 nitrogen and oxygen atoms in total. The summed E-state index contributed by atoms with van der Waals surface area (Å²) in [7, 11) is 3.52. The van der Waals surface area contributed by atoms with Gasteiger partial charge in [-0.05, 0) is 36.1 Å². The van der Waals surface area contributed by atoms with Gasteiger partial charge in [-0.3, -0.25) is 0 Å². The summed E-state index contributed by atoms with van der Waals surface area (Å²) >= 11 is 0. The van der Waals surface area contributed by atoms with Crippen molar-refractivity contribution < 1.29 is 4.74 Å². The molecule has 0 aliphatic heterocycles. The number of fused-ring (bicyclic) bond motifs is 1. The summed E-state index contributed by atoms with van der Waals surface area (Å²) < 4.78 is 5.41. The average Bonchev–Trinajstić information content (AvgIpc) is 2.77. The van der Waals surface area contributed by atoms with E-state index in [1.165, 1.54) is 0 Å². The van der Waals surface area contributed by atoms with Crippen LogP contribution in [0, 0.1) is 5.41 Å². The zero-order chi connectivity index (χ0) is 20.2. The van der Waals surface area contributed by atoms with E-state index in [1.54, 1.807) is 7.11 Å². The molecular weight excluding hydrogens is 362 g/mol. The van der Waals surface area contributed by atoms with Crippen LogP contribution in [0.3, 0.4) is 0 Å². The van der Waals surface area contributed by atoms with Gasteiger partial charge in [-0.15, -0.1) is 0 Å². The molecule has 29 heavy (non-hydrogen) atoms. The number of aryl methyl sites for hydroxylation is 1. The Bertz CT molecular complexity index is 1080. The van der Waals surface area contributed by atoms with Gasteiger partial charge in [0.15, 0.2) is 0 Å². The van der Waals surface area contributed by atoms with Crippen molar-refractivity contribution in [2.24, 2.45) is 0 Å². The highest BCUT2D eigenvalue weighted by Gasteiger charge is 2.25. The molecule has 1 aromatic heterocycles. The van der Waals surface area contributed by atoms with Crippen molar-refractivity contribution in [3.05, 3.63) is 77.6 Å². The molecule has 146 valence electrons. The SMILES string of the molecule is CN/C(=C1\C(=N)CCc2cnc(Nc3ccccc3OC)nc21)c1ccccc1. The van der Waals surface area contributed by atoms with E-state index >= 15 is 0 Å². The van der Waals surface area contributed by atoms with Crippen LogP contribution in [0.5, 0.6) is 5.75 Å². The predicted molar refractivity (Wildman–Crippen MR) is 117 cm³/mol. The molecule has 0 saturated carbocycles. The number of methoxy groups -OCH3 is 1. The molecule has 0 fully saturated rings. The minimum Gasteiger partial charge on any atom is -0.495 e. The Kier molecular flexibility index (Phi) is 5.24. The first kappa shape index (κ1) is 18.7. The largest absolute Gasteiger partial charge is 0.495 e. The monoisotopic (exact) mass is 385 g/mol. The zero-order valence-corrected chi connectivity index (χ0v) is 16.5. The fraction of sp³-hybridized carbons (Fsp3) is 0.174. The van der Waals surface area contributed by atoms with Gasteiger partial charge >= 0.3 is 0 Å². The second-order valence-electron chi connectivity index (χ2n) is 6.74. The Hall–Kier alpha value is -3.67. The number of allylic oxidation sites excluding steroid dienone is 1. The molecule has 2 aromatic carbocycles. The molecule has 0 radical (unpaired) electrons. The molecule has 0 saturated heterocycles. The second kappa shape index (κ2) is 8.14. The molecule has 1 aliphatic rings. The molecular formula is C23H23N5O. The van der Waals surface area contributed by atoms with Gasteiger partial charge < -0.3 is 20.8 Å². The first-order valence-electron chi connectivity index (χ1n) is 9.53. The normalized spacial score (nSPS) is 14.8. The molecule has 1 aliphatic carbocycles. The maximum atomic E-state index is 8.62. The quantitative estimate of drug-likeness (QED) is 0.610. The van der Waals surface area contributed by atoms with Crippen LogP contribution in [0.1, 0.15) is 23.2 Å². The molecule has 0 bridgehead atoms. The van der Waals surface area contributed by atoms with Gasteiger partial charge in [-0.25, -0.2) is 9.97 Å². The van der Waals surface area contributed by atoms with E-state index in [0.717, 1.165) is 45.9 Å². The fourth-order valence-corrected chi connectivity index (χ4v) is 3.55. The van der Waals surface area contributed by atoms with Crippen molar-refractivity contribution in [2.45, 2.75) is 12.8 Å². The minimum atomic E-state index is 0.476. The Morgan fingerprint density at radius 1 is 1.03 bits per heavy atom. The number of ether oxygens (including phenoxy) is 1. The Balaban J connectivity index is 1.81. The lowest BCUT2D eigenvalue weighted by atomic mass is 9.87. The predicted octanol–water partition coefficient (Wildman–Crippen LogP) is 4.28. The van der Waals surface area contributed by atoms with Crippen molar-refractivity contribution in [3.8, 4) is 5.75 Å². The van der Waals surface area contributed by atoms with E-state index in [1.807, 2.05) is 67.8 Å². The fourth-order valence-electron chi connectivity index (χ4n) is 3.55. The summed E-state index contributed by atoms with van der Waals surface area (Å²) in [5.74, 6) is 1.20. The highest BCUT2D eigenvalue weighted by Crippen LogP contribution is 2.33. The molecule has 0 atom stereocenters. The zero-order valence-electron chi connectivity index (χ0n) is 16.5. The first-order chi connectivity index (χ1) is 14.2.